The van der Waals surface area contributed by atoms with E-state index in [1.54, 1.807) is 4.90 Å². The van der Waals surface area contributed by atoms with Gasteiger partial charge in [-0.15, -0.1) is 0 Å². The lowest BCUT2D eigenvalue weighted by atomic mass is 10.3. The van der Waals surface area contributed by atoms with Crippen molar-refractivity contribution in [3.8, 4) is 0 Å². The Labute approximate surface area is 83.4 Å². The maximum Gasteiger partial charge on any atom is 0.302 e. The molecule has 0 spiro atoms. The predicted molar refractivity (Wildman–Crippen MR) is 50.7 cm³/mol. The van der Waals surface area contributed by atoms with Crippen molar-refractivity contribution >= 4 is 11.9 Å². The summed E-state index contributed by atoms with van der Waals surface area (Å²) >= 11 is 0. The molecule has 1 heterocycles. The highest BCUT2D eigenvalue weighted by Gasteiger charge is 2.15. The number of carbonyl (C=O) groups is 2. The molecule has 14 heavy (non-hydrogen) atoms. The second-order valence-corrected chi connectivity index (χ2v) is 3.22. The summed E-state index contributed by atoms with van der Waals surface area (Å²) in [5.41, 5.74) is 0. The van der Waals surface area contributed by atoms with Gasteiger partial charge in [-0.1, -0.05) is 0 Å². The van der Waals surface area contributed by atoms with Crippen molar-refractivity contribution < 1.29 is 14.3 Å². The third-order valence-corrected chi connectivity index (χ3v) is 2.09. The quantitative estimate of drug-likeness (QED) is 0.616. The molecule has 0 saturated carbocycles. The number of piperazine rings is 1. The smallest absolute Gasteiger partial charge is 0.302 e. The zero-order valence-corrected chi connectivity index (χ0v) is 8.41. The minimum atomic E-state index is -0.335. The number of carbonyl (C=O) groups excluding carboxylic acids is 2. The summed E-state index contributed by atoms with van der Waals surface area (Å²) in [7, 11) is 0. The molecule has 0 aromatic rings. The van der Waals surface area contributed by atoms with Gasteiger partial charge in [0.15, 0.2) is 0 Å². The predicted octanol–water partition coefficient (Wildman–Crippen LogP) is -0.629. The lowest BCUT2D eigenvalue weighted by molar-refractivity contribution is -0.143. The average molecular weight is 200 g/mol. The van der Waals surface area contributed by atoms with Crippen LogP contribution in [-0.2, 0) is 14.3 Å². The van der Waals surface area contributed by atoms with Crippen molar-refractivity contribution in [1.82, 2.24) is 10.2 Å². The molecule has 0 aliphatic carbocycles. The minimum absolute atomic E-state index is 0.0627. The fraction of sp³-hybridized carbons (Fsp3) is 0.778. The van der Waals surface area contributed by atoms with Gasteiger partial charge in [0.1, 0.15) is 6.61 Å². The summed E-state index contributed by atoms with van der Waals surface area (Å²) in [6.07, 6.45) is 0.291. The Morgan fingerprint density at radius 3 is 2.57 bits per heavy atom. The Morgan fingerprint density at radius 2 is 2.00 bits per heavy atom. The maximum absolute atomic E-state index is 11.5. The summed E-state index contributed by atoms with van der Waals surface area (Å²) < 4.78 is 4.70. The van der Waals surface area contributed by atoms with E-state index in [2.05, 4.69) is 5.32 Å². The Bertz CT molecular complexity index is 212. The van der Waals surface area contributed by atoms with Crippen molar-refractivity contribution in [2.24, 2.45) is 0 Å². The molecule has 1 N–H and O–H groups in total. The molecule has 0 unspecified atom stereocenters. The van der Waals surface area contributed by atoms with Crippen molar-refractivity contribution in [3.63, 3.8) is 0 Å². The number of nitrogens with zero attached hydrogens (tertiary/aromatic N) is 1. The van der Waals surface area contributed by atoms with Crippen LogP contribution in [0.5, 0.6) is 0 Å². The lowest BCUT2D eigenvalue weighted by Gasteiger charge is -2.27. The number of esters is 1. The number of ether oxygens (including phenoxy) is 1. The average Bonchev–Trinajstić information content (AvgIpc) is 2.18. The molecule has 0 bridgehead atoms. The van der Waals surface area contributed by atoms with Crippen LogP contribution in [0.3, 0.4) is 0 Å². The van der Waals surface area contributed by atoms with E-state index in [1.807, 2.05) is 0 Å². The van der Waals surface area contributed by atoms with Crippen molar-refractivity contribution in [3.05, 3.63) is 0 Å². The Morgan fingerprint density at radius 1 is 1.36 bits per heavy atom. The zero-order chi connectivity index (χ0) is 10.4. The fourth-order valence-electron chi connectivity index (χ4n) is 1.35. The normalized spacial score (nSPS) is 16.5. The summed E-state index contributed by atoms with van der Waals surface area (Å²) in [6.45, 7) is 4.73. The summed E-state index contributed by atoms with van der Waals surface area (Å²) in [4.78, 5) is 23.7. The largest absolute Gasteiger partial charge is 0.465 e. The SMILES string of the molecule is CC(=O)OCCC(=O)N1CCNCC1. The molecule has 5 heteroatoms. The second-order valence-electron chi connectivity index (χ2n) is 3.22. The van der Waals surface area contributed by atoms with Crippen LogP contribution in [0.15, 0.2) is 0 Å². The minimum Gasteiger partial charge on any atom is -0.465 e. The summed E-state index contributed by atoms with van der Waals surface area (Å²) in [5, 5.41) is 3.16. The standard InChI is InChI=1S/C9H16N2O3/c1-8(12)14-7-2-9(13)11-5-3-10-4-6-11/h10H,2-7H2,1H3. The Balaban J connectivity index is 2.16. The monoisotopic (exact) mass is 200 g/mol. The second kappa shape index (κ2) is 5.59. The van der Waals surface area contributed by atoms with E-state index in [9.17, 15) is 9.59 Å². The molecular formula is C9H16N2O3. The third kappa shape index (κ3) is 3.74. The van der Waals surface area contributed by atoms with E-state index in [0.717, 1.165) is 26.2 Å². The molecule has 1 amide bonds. The van der Waals surface area contributed by atoms with Crippen LogP contribution in [-0.4, -0.2) is 49.6 Å². The summed E-state index contributed by atoms with van der Waals surface area (Å²) in [6, 6.07) is 0. The first-order chi connectivity index (χ1) is 6.70. The zero-order valence-electron chi connectivity index (χ0n) is 8.41. The van der Waals surface area contributed by atoms with Crippen molar-refractivity contribution in [1.29, 1.82) is 0 Å². The lowest BCUT2D eigenvalue weighted by Crippen LogP contribution is -2.46. The van der Waals surface area contributed by atoms with Crippen LogP contribution in [0.4, 0.5) is 0 Å². The van der Waals surface area contributed by atoms with Gasteiger partial charge in [0.25, 0.3) is 0 Å². The van der Waals surface area contributed by atoms with Gasteiger partial charge in [-0.2, -0.15) is 0 Å². The van der Waals surface area contributed by atoms with Crippen LogP contribution in [0.25, 0.3) is 0 Å². The molecule has 0 aromatic heterocycles. The number of amides is 1. The van der Waals surface area contributed by atoms with Gasteiger partial charge in [-0.3, -0.25) is 9.59 Å². The molecule has 0 radical (unpaired) electrons. The van der Waals surface area contributed by atoms with Crippen LogP contribution in [0.1, 0.15) is 13.3 Å². The van der Waals surface area contributed by atoms with Gasteiger partial charge < -0.3 is 15.0 Å². The van der Waals surface area contributed by atoms with Gasteiger partial charge >= 0.3 is 5.97 Å². The van der Waals surface area contributed by atoms with E-state index < -0.39 is 0 Å². The molecule has 1 aliphatic rings. The van der Waals surface area contributed by atoms with Crippen LogP contribution in [0.2, 0.25) is 0 Å². The summed E-state index contributed by atoms with van der Waals surface area (Å²) in [5.74, 6) is -0.272. The first-order valence-electron chi connectivity index (χ1n) is 4.82. The van der Waals surface area contributed by atoms with E-state index in [-0.39, 0.29) is 18.5 Å². The third-order valence-electron chi connectivity index (χ3n) is 2.09. The highest BCUT2D eigenvalue weighted by Crippen LogP contribution is 1.97. The van der Waals surface area contributed by atoms with Gasteiger partial charge in [0, 0.05) is 33.1 Å². The molecule has 0 aromatic carbocycles. The molecule has 80 valence electrons. The fourth-order valence-corrected chi connectivity index (χ4v) is 1.35. The highest BCUT2D eigenvalue weighted by atomic mass is 16.5. The number of rotatable bonds is 3. The van der Waals surface area contributed by atoms with Crippen LogP contribution < -0.4 is 5.32 Å². The van der Waals surface area contributed by atoms with Crippen LogP contribution in [0, 0.1) is 0 Å². The van der Waals surface area contributed by atoms with E-state index in [0.29, 0.717) is 6.42 Å². The van der Waals surface area contributed by atoms with Gasteiger partial charge in [-0.05, 0) is 0 Å². The Hall–Kier alpha value is -1.10. The molecule has 1 fully saturated rings. The molecule has 0 atom stereocenters. The molecule has 1 aliphatic heterocycles. The van der Waals surface area contributed by atoms with E-state index >= 15 is 0 Å². The number of nitrogens with one attached hydrogen (secondary N) is 1. The Kier molecular flexibility index (Phi) is 4.39. The molecule has 1 saturated heterocycles. The molecule has 1 rings (SSSR count). The van der Waals surface area contributed by atoms with Crippen LogP contribution >= 0.6 is 0 Å². The van der Waals surface area contributed by atoms with Crippen molar-refractivity contribution in [2.45, 2.75) is 13.3 Å². The van der Waals surface area contributed by atoms with E-state index in [4.69, 9.17) is 4.74 Å². The maximum atomic E-state index is 11.5. The van der Waals surface area contributed by atoms with Gasteiger partial charge in [0.2, 0.25) is 5.91 Å². The number of hydrogen-bond donors (Lipinski definition) is 1. The van der Waals surface area contributed by atoms with E-state index in [1.165, 1.54) is 6.92 Å². The highest BCUT2D eigenvalue weighted by molar-refractivity contribution is 5.76. The first kappa shape index (κ1) is 11.0. The number of hydrogen-bond acceptors (Lipinski definition) is 4. The van der Waals surface area contributed by atoms with Crippen molar-refractivity contribution in [2.75, 3.05) is 32.8 Å². The van der Waals surface area contributed by atoms with Gasteiger partial charge in [-0.25, -0.2) is 0 Å². The molecular weight excluding hydrogens is 184 g/mol. The topological polar surface area (TPSA) is 58.6 Å². The molecule has 5 nitrogen and oxygen atoms in total. The van der Waals surface area contributed by atoms with Gasteiger partial charge in [0.05, 0.1) is 6.42 Å². The first-order valence-corrected chi connectivity index (χ1v) is 4.82.